The zero-order valence-corrected chi connectivity index (χ0v) is 11.9. The van der Waals surface area contributed by atoms with Gasteiger partial charge < -0.3 is 5.32 Å². The second kappa shape index (κ2) is 6.32. The molecule has 2 aromatic rings. The van der Waals surface area contributed by atoms with E-state index in [2.05, 4.69) is 52.5 Å². The minimum atomic E-state index is 0.549. The van der Waals surface area contributed by atoms with Gasteiger partial charge in [-0.2, -0.15) is 0 Å². The topological polar surface area (TPSA) is 37.8 Å². The van der Waals surface area contributed by atoms with Crippen LogP contribution in [0.2, 0.25) is 0 Å². The Morgan fingerprint density at radius 1 is 1.11 bits per heavy atom. The lowest BCUT2D eigenvalue weighted by molar-refractivity contribution is 0.704. The zero-order valence-electron chi connectivity index (χ0n) is 11.9. The molecule has 0 spiro atoms. The van der Waals surface area contributed by atoms with E-state index in [9.17, 15) is 0 Å². The van der Waals surface area contributed by atoms with Crippen molar-refractivity contribution in [1.29, 1.82) is 0 Å². The average molecular weight is 255 g/mol. The van der Waals surface area contributed by atoms with Crippen molar-refractivity contribution in [1.82, 2.24) is 9.97 Å². The minimum Gasteiger partial charge on any atom is -0.369 e. The first-order valence-electron chi connectivity index (χ1n) is 6.76. The molecule has 0 bridgehead atoms. The highest BCUT2D eigenvalue weighted by Gasteiger charge is 2.05. The monoisotopic (exact) mass is 255 g/mol. The quantitative estimate of drug-likeness (QED) is 0.885. The van der Waals surface area contributed by atoms with E-state index in [0.717, 1.165) is 30.2 Å². The van der Waals surface area contributed by atoms with Crippen LogP contribution in [0.25, 0.3) is 0 Å². The van der Waals surface area contributed by atoms with Crippen LogP contribution < -0.4 is 5.32 Å². The van der Waals surface area contributed by atoms with Crippen LogP contribution in [0, 0.1) is 13.8 Å². The standard InChI is InChI=1S/C16H21N3/c1-12(15-7-5-4-6-8-15)9-10-17-16-11-18-13(2)14(3)19-16/h4-8,11-12H,9-10H2,1-3H3,(H,17,19). The lowest BCUT2D eigenvalue weighted by Crippen LogP contribution is -2.08. The van der Waals surface area contributed by atoms with Crippen LogP contribution in [0.4, 0.5) is 5.82 Å². The number of anilines is 1. The summed E-state index contributed by atoms with van der Waals surface area (Å²) in [4.78, 5) is 8.78. The third-order valence-corrected chi connectivity index (χ3v) is 3.44. The van der Waals surface area contributed by atoms with Gasteiger partial charge in [-0.05, 0) is 31.7 Å². The third kappa shape index (κ3) is 3.78. The van der Waals surface area contributed by atoms with E-state index in [4.69, 9.17) is 0 Å². The Morgan fingerprint density at radius 2 is 1.84 bits per heavy atom. The molecule has 0 aliphatic heterocycles. The van der Waals surface area contributed by atoms with Crippen LogP contribution in [0.15, 0.2) is 36.5 Å². The summed E-state index contributed by atoms with van der Waals surface area (Å²) in [6, 6.07) is 10.6. The number of aromatic nitrogens is 2. The van der Waals surface area contributed by atoms with Crippen molar-refractivity contribution in [3.05, 3.63) is 53.5 Å². The normalized spacial score (nSPS) is 12.2. The molecule has 0 aliphatic rings. The summed E-state index contributed by atoms with van der Waals surface area (Å²) in [5.41, 5.74) is 3.36. The highest BCUT2D eigenvalue weighted by molar-refractivity contribution is 5.33. The maximum atomic E-state index is 4.47. The number of aryl methyl sites for hydroxylation is 2. The van der Waals surface area contributed by atoms with Gasteiger partial charge in [0, 0.05) is 6.54 Å². The van der Waals surface area contributed by atoms with Gasteiger partial charge in [0.1, 0.15) is 5.82 Å². The smallest absolute Gasteiger partial charge is 0.144 e. The number of hydrogen-bond acceptors (Lipinski definition) is 3. The molecule has 0 fully saturated rings. The van der Waals surface area contributed by atoms with Crippen LogP contribution in [0.5, 0.6) is 0 Å². The highest BCUT2D eigenvalue weighted by Crippen LogP contribution is 2.18. The maximum absolute atomic E-state index is 4.47. The first kappa shape index (κ1) is 13.5. The van der Waals surface area contributed by atoms with Crippen LogP contribution in [-0.2, 0) is 0 Å². The number of rotatable bonds is 5. The minimum absolute atomic E-state index is 0.549. The second-order valence-electron chi connectivity index (χ2n) is 4.95. The third-order valence-electron chi connectivity index (χ3n) is 3.44. The van der Waals surface area contributed by atoms with Crippen LogP contribution in [0.3, 0.4) is 0 Å². The molecular weight excluding hydrogens is 234 g/mol. The predicted octanol–water partition coefficient (Wildman–Crippen LogP) is 3.70. The van der Waals surface area contributed by atoms with Gasteiger partial charge in [-0.3, -0.25) is 4.98 Å². The Balaban J connectivity index is 1.85. The predicted molar refractivity (Wildman–Crippen MR) is 79.5 cm³/mol. The van der Waals surface area contributed by atoms with Gasteiger partial charge in [0.05, 0.1) is 17.6 Å². The van der Waals surface area contributed by atoms with E-state index in [0.29, 0.717) is 5.92 Å². The molecule has 3 nitrogen and oxygen atoms in total. The SMILES string of the molecule is Cc1ncc(NCCC(C)c2ccccc2)nc1C. The van der Waals surface area contributed by atoms with Crippen LogP contribution in [-0.4, -0.2) is 16.5 Å². The van der Waals surface area contributed by atoms with Crippen LogP contribution >= 0.6 is 0 Å². The maximum Gasteiger partial charge on any atom is 0.144 e. The van der Waals surface area contributed by atoms with E-state index in [-0.39, 0.29) is 0 Å². The number of nitrogens with zero attached hydrogens (tertiary/aromatic N) is 2. The first-order chi connectivity index (χ1) is 9.16. The van der Waals surface area contributed by atoms with Crippen molar-refractivity contribution >= 4 is 5.82 Å². The van der Waals surface area contributed by atoms with Gasteiger partial charge in [0.25, 0.3) is 0 Å². The van der Waals surface area contributed by atoms with Crippen molar-refractivity contribution in [3.63, 3.8) is 0 Å². The summed E-state index contributed by atoms with van der Waals surface area (Å²) < 4.78 is 0. The molecule has 3 heteroatoms. The molecule has 0 radical (unpaired) electrons. The molecular formula is C16H21N3. The lowest BCUT2D eigenvalue weighted by atomic mass is 9.98. The zero-order chi connectivity index (χ0) is 13.7. The van der Waals surface area contributed by atoms with Crippen molar-refractivity contribution in [2.24, 2.45) is 0 Å². The molecule has 2 rings (SSSR count). The Morgan fingerprint density at radius 3 is 2.53 bits per heavy atom. The van der Waals surface area contributed by atoms with Crippen molar-refractivity contribution in [2.75, 3.05) is 11.9 Å². The summed E-state index contributed by atoms with van der Waals surface area (Å²) in [7, 11) is 0. The summed E-state index contributed by atoms with van der Waals surface area (Å²) in [5.74, 6) is 1.41. The van der Waals surface area contributed by atoms with Gasteiger partial charge in [0.2, 0.25) is 0 Å². The Kier molecular flexibility index (Phi) is 4.50. The molecule has 100 valence electrons. The van der Waals surface area contributed by atoms with E-state index in [1.165, 1.54) is 5.56 Å². The second-order valence-corrected chi connectivity index (χ2v) is 4.95. The molecule has 1 aromatic heterocycles. The van der Waals surface area contributed by atoms with Crippen molar-refractivity contribution in [3.8, 4) is 0 Å². The Bertz CT molecular complexity index is 523. The summed E-state index contributed by atoms with van der Waals surface area (Å²) in [6.07, 6.45) is 2.88. The molecule has 1 heterocycles. The number of hydrogen-bond donors (Lipinski definition) is 1. The summed E-state index contributed by atoms with van der Waals surface area (Å²) in [6.45, 7) is 7.13. The Labute approximate surface area is 115 Å². The fraction of sp³-hybridized carbons (Fsp3) is 0.375. The fourth-order valence-corrected chi connectivity index (χ4v) is 1.99. The van der Waals surface area contributed by atoms with Gasteiger partial charge in [0.15, 0.2) is 0 Å². The highest BCUT2D eigenvalue weighted by atomic mass is 15.0. The Hall–Kier alpha value is -1.90. The van der Waals surface area contributed by atoms with E-state index >= 15 is 0 Å². The molecule has 19 heavy (non-hydrogen) atoms. The van der Waals surface area contributed by atoms with Crippen molar-refractivity contribution < 1.29 is 0 Å². The summed E-state index contributed by atoms with van der Waals surface area (Å²) >= 11 is 0. The average Bonchev–Trinajstić information content (AvgIpc) is 2.43. The number of nitrogens with one attached hydrogen (secondary N) is 1. The van der Waals surface area contributed by atoms with Gasteiger partial charge >= 0.3 is 0 Å². The molecule has 1 aromatic carbocycles. The molecule has 0 amide bonds. The lowest BCUT2D eigenvalue weighted by Gasteiger charge is -2.13. The van der Waals surface area contributed by atoms with E-state index < -0.39 is 0 Å². The molecule has 1 N–H and O–H groups in total. The van der Waals surface area contributed by atoms with Gasteiger partial charge in [-0.15, -0.1) is 0 Å². The molecule has 1 unspecified atom stereocenters. The molecule has 0 aliphatic carbocycles. The molecule has 1 atom stereocenters. The largest absolute Gasteiger partial charge is 0.369 e. The number of benzene rings is 1. The summed E-state index contributed by atoms with van der Waals surface area (Å²) in [5, 5.41) is 3.34. The van der Waals surface area contributed by atoms with Gasteiger partial charge in [-0.1, -0.05) is 37.3 Å². The molecule has 0 saturated carbocycles. The van der Waals surface area contributed by atoms with Crippen LogP contribution in [0.1, 0.15) is 36.2 Å². The fourth-order valence-electron chi connectivity index (χ4n) is 1.99. The molecule has 0 saturated heterocycles. The van der Waals surface area contributed by atoms with Gasteiger partial charge in [-0.25, -0.2) is 4.98 Å². The van der Waals surface area contributed by atoms with E-state index in [1.54, 1.807) is 6.20 Å². The van der Waals surface area contributed by atoms with E-state index in [1.807, 2.05) is 13.8 Å². The van der Waals surface area contributed by atoms with Crippen molar-refractivity contribution in [2.45, 2.75) is 33.1 Å². The first-order valence-corrected chi connectivity index (χ1v) is 6.76.